The molecule has 0 saturated carbocycles. The summed E-state index contributed by atoms with van der Waals surface area (Å²) in [5.41, 5.74) is 6.95. The van der Waals surface area contributed by atoms with Gasteiger partial charge < -0.3 is 15.4 Å². The molecule has 1 aromatic carbocycles. The summed E-state index contributed by atoms with van der Waals surface area (Å²) in [7, 11) is -3.51. The molecule has 0 spiro atoms. The molecule has 1 saturated heterocycles. The maximum atomic E-state index is 12.6. The van der Waals surface area contributed by atoms with E-state index in [9.17, 15) is 13.2 Å². The number of benzene rings is 1. The summed E-state index contributed by atoms with van der Waals surface area (Å²) < 4.78 is 28.1. The van der Waals surface area contributed by atoms with E-state index in [2.05, 4.69) is 0 Å². The fourth-order valence-corrected chi connectivity index (χ4v) is 3.75. The Balaban J connectivity index is 2.03. The maximum Gasteiger partial charge on any atom is 0.253 e. The lowest BCUT2D eigenvalue weighted by atomic mass is 10.1. The fourth-order valence-electron chi connectivity index (χ4n) is 2.82. The summed E-state index contributed by atoms with van der Waals surface area (Å²) in [5, 5.41) is 5.09. The molecule has 1 aliphatic rings. The van der Waals surface area contributed by atoms with E-state index >= 15 is 0 Å². The zero-order valence-electron chi connectivity index (χ0n) is 13.9. The average molecular weight is 355 g/mol. The Morgan fingerprint density at radius 2 is 2.17 bits per heavy atom. The van der Waals surface area contributed by atoms with Gasteiger partial charge in [-0.1, -0.05) is 6.07 Å². The number of sulfonamides is 1. The quantitative estimate of drug-likeness (QED) is 0.690. The molecule has 1 atom stereocenters. The molecule has 134 valence electrons. The molecular weight excluding hydrogens is 330 g/mol. The summed E-state index contributed by atoms with van der Waals surface area (Å²) in [6.45, 7) is 3.93. The Bertz CT molecular complexity index is 691. The standard InChI is InChI=1S/C16H25N3O4S/c1-12-3-4-14(9-15(12)23-8-2-6-17)16(20)19-7-5-13(10-19)11-24(18,21)22/h3-4,9,13H,2,5-8,10-11,17H2,1H3,(H2,18,21,22)/t13-/m0/s1. The largest absolute Gasteiger partial charge is 0.493 e. The van der Waals surface area contributed by atoms with Crippen LogP contribution >= 0.6 is 0 Å². The lowest BCUT2D eigenvalue weighted by Crippen LogP contribution is -2.30. The Morgan fingerprint density at radius 1 is 1.42 bits per heavy atom. The minimum Gasteiger partial charge on any atom is -0.493 e. The van der Waals surface area contributed by atoms with E-state index in [1.165, 1.54) is 0 Å². The van der Waals surface area contributed by atoms with Crippen LogP contribution in [0.5, 0.6) is 5.75 Å². The Morgan fingerprint density at radius 3 is 2.83 bits per heavy atom. The fraction of sp³-hybridized carbons (Fsp3) is 0.562. The third-order valence-electron chi connectivity index (χ3n) is 4.08. The second kappa shape index (κ2) is 7.96. The van der Waals surface area contributed by atoms with E-state index in [0.717, 1.165) is 12.0 Å². The molecule has 1 heterocycles. The minimum absolute atomic E-state index is 0.0852. The van der Waals surface area contributed by atoms with Crippen LogP contribution in [0.3, 0.4) is 0 Å². The molecule has 0 unspecified atom stereocenters. The molecule has 0 aliphatic carbocycles. The van der Waals surface area contributed by atoms with Crippen LogP contribution in [0.25, 0.3) is 0 Å². The van der Waals surface area contributed by atoms with E-state index < -0.39 is 10.0 Å². The molecule has 0 bridgehead atoms. The predicted molar refractivity (Wildman–Crippen MR) is 92.3 cm³/mol. The van der Waals surface area contributed by atoms with Crippen LogP contribution in [-0.4, -0.2) is 51.2 Å². The number of primary sulfonamides is 1. The predicted octanol–water partition coefficient (Wildman–Crippen LogP) is 0.473. The van der Waals surface area contributed by atoms with Gasteiger partial charge in [0, 0.05) is 18.7 Å². The molecule has 0 aromatic heterocycles. The number of hydrogen-bond donors (Lipinski definition) is 2. The number of nitrogens with zero attached hydrogens (tertiary/aromatic N) is 1. The van der Waals surface area contributed by atoms with Crippen LogP contribution in [0, 0.1) is 12.8 Å². The molecule has 1 aromatic rings. The van der Waals surface area contributed by atoms with Crippen molar-refractivity contribution in [1.29, 1.82) is 0 Å². The molecule has 7 nitrogen and oxygen atoms in total. The van der Waals surface area contributed by atoms with Crippen molar-refractivity contribution in [3.63, 3.8) is 0 Å². The van der Waals surface area contributed by atoms with Gasteiger partial charge in [-0.25, -0.2) is 13.6 Å². The van der Waals surface area contributed by atoms with Gasteiger partial charge in [-0.3, -0.25) is 4.79 Å². The van der Waals surface area contributed by atoms with Crippen LogP contribution < -0.4 is 15.6 Å². The molecule has 2 rings (SSSR count). The molecular formula is C16H25N3O4S. The summed E-state index contributed by atoms with van der Waals surface area (Å²) >= 11 is 0. The highest BCUT2D eigenvalue weighted by Gasteiger charge is 2.29. The highest BCUT2D eigenvalue weighted by Crippen LogP contribution is 2.24. The number of aryl methyl sites for hydroxylation is 1. The zero-order valence-corrected chi connectivity index (χ0v) is 14.7. The van der Waals surface area contributed by atoms with Crippen LogP contribution in [0.1, 0.15) is 28.8 Å². The van der Waals surface area contributed by atoms with Crippen molar-refractivity contribution >= 4 is 15.9 Å². The van der Waals surface area contributed by atoms with Gasteiger partial charge >= 0.3 is 0 Å². The molecule has 8 heteroatoms. The summed E-state index contributed by atoms with van der Waals surface area (Å²) in [4.78, 5) is 14.3. The number of carbonyl (C=O) groups excluding carboxylic acids is 1. The van der Waals surface area contributed by atoms with E-state index in [4.69, 9.17) is 15.6 Å². The Hall–Kier alpha value is -1.64. The lowest BCUT2D eigenvalue weighted by molar-refractivity contribution is 0.0787. The van der Waals surface area contributed by atoms with Crippen LogP contribution in [0.4, 0.5) is 0 Å². The zero-order chi connectivity index (χ0) is 17.7. The Kier molecular flexibility index (Phi) is 6.20. The molecule has 0 radical (unpaired) electrons. The normalized spacial score (nSPS) is 18.0. The minimum atomic E-state index is -3.51. The number of ether oxygens (including phenoxy) is 1. The smallest absolute Gasteiger partial charge is 0.253 e. The number of carbonyl (C=O) groups is 1. The van der Waals surface area contributed by atoms with Gasteiger partial charge in [0.15, 0.2) is 0 Å². The van der Waals surface area contributed by atoms with Gasteiger partial charge in [0.2, 0.25) is 10.0 Å². The van der Waals surface area contributed by atoms with Gasteiger partial charge in [0.1, 0.15) is 5.75 Å². The van der Waals surface area contributed by atoms with Crippen molar-refractivity contribution in [3.8, 4) is 5.75 Å². The monoisotopic (exact) mass is 355 g/mol. The number of hydrogen-bond acceptors (Lipinski definition) is 5. The second-order valence-electron chi connectivity index (χ2n) is 6.21. The van der Waals surface area contributed by atoms with E-state index in [0.29, 0.717) is 44.0 Å². The lowest BCUT2D eigenvalue weighted by Gasteiger charge is -2.17. The molecule has 1 aliphatic heterocycles. The van der Waals surface area contributed by atoms with Crippen molar-refractivity contribution in [3.05, 3.63) is 29.3 Å². The van der Waals surface area contributed by atoms with Crippen molar-refractivity contribution in [2.75, 3.05) is 32.0 Å². The summed E-state index contributed by atoms with van der Waals surface area (Å²) in [6, 6.07) is 5.35. The first-order valence-electron chi connectivity index (χ1n) is 8.03. The van der Waals surface area contributed by atoms with Gasteiger partial charge in [-0.05, 0) is 49.9 Å². The van der Waals surface area contributed by atoms with Gasteiger partial charge in [0.05, 0.1) is 12.4 Å². The van der Waals surface area contributed by atoms with Crippen molar-refractivity contribution < 1.29 is 17.9 Å². The maximum absolute atomic E-state index is 12.6. The Labute approximate surface area is 143 Å². The topological polar surface area (TPSA) is 116 Å². The number of rotatable bonds is 7. The first-order chi connectivity index (χ1) is 11.3. The summed E-state index contributed by atoms with van der Waals surface area (Å²) in [5.74, 6) is 0.373. The highest BCUT2D eigenvalue weighted by atomic mass is 32.2. The number of nitrogens with two attached hydrogens (primary N) is 2. The molecule has 1 fully saturated rings. The average Bonchev–Trinajstić information content (AvgIpc) is 2.95. The summed E-state index contributed by atoms with van der Waals surface area (Å²) in [6.07, 6.45) is 1.40. The van der Waals surface area contributed by atoms with Crippen LogP contribution in [-0.2, 0) is 10.0 Å². The van der Waals surface area contributed by atoms with Gasteiger partial charge in [-0.2, -0.15) is 0 Å². The number of amides is 1. The van der Waals surface area contributed by atoms with Crippen LogP contribution in [0.2, 0.25) is 0 Å². The molecule has 24 heavy (non-hydrogen) atoms. The van der Waals surface area contributed by atoms with Crippen LogP contribution in [0.15, 0.2) is 18.2 Å². The van der Waals surface area contributed by atoms with Crippen molar-refractivity contribution in [2.45, 2.75) is 19.8 Å². The molecule has 1 amide bonds. The first kappa shape index (κ1) is 18.7. The van der Waals surface area contributed by atoms with Crippen molar-refractivity contribution in [1.82, 2.24) is 4.90 Å². The second-order valence-corrected chi connectivity index (χ2v) is 7.87. The SMILES string of the molecule is Cc1ccc(C(=O)N2CC[C@H](CS(N)(=O)=O)C2)cc1OCCCN. The van der Waals surface area contributed by atoms with E-state index in [1.807, 2.05) is 13.0 Å². The van der Waals surface area contributed by atoms with Gasteiger partial charge in [-0.15, -0.1) is 0 Å². The first-order valence-corrected chi connectivity index (χ1v) is 9.75. The third kappa shape index (κ3) is 5.19. The highest BCUT2D eigenvalue weighted by molar-refractivity contribution is 7.89. The van der Waals surface area contributed by atoms with E-state index in [1.54, 1.807) is 17.0 Å². The van der Waals surface area contributed by atoms with E-state index in [-0.39, 0.29) is 17.6 Å². The molecule has 4 N–H and O–H groups in total. The third-order valence-corrected chi connectivity index (χ3v) is 5.02. The number of likely N-dealkylation sites (tertiary alicyclic amines) is 1. The van der Waals surface area contributed by atoms with Crippen molar-refractivity contribution in [2.24, 2.45) is 16.8 Å². The van der Waals surface area contributed by atoms with Gasteiger partial charge in [0.25, 0.3) is 5.91 Å².